The number of hydrogen-bond donors (Lipinski definition) is 1. The number of thioether (sulfide) groups is 1. The van der Waals surface area contributed by atoms with Crippen molar-refractivity contribution in [2.24, 2.45) is 5.92 Å². The van der Waals surface area contributed by atoms with Crippen LogP contribution < -0.4 is 5.32 Å². The SMILES string of the molecule is CC1=C=C2CCC1C(SCC(=O)c1ccc(F)cc1)NC2C. The molecule has 2 heterocycles. The second-order valence-corrected chi connectivity index (χ2v) is 7.16. The van der Waals surface area contributed by atoms with E-state index in [2.05, 4.69) is 24.9 Å². The van der Waals surface area contributed by atoms with E-state index >= 15 is 0 Å². The van der Waals surface area contributed by atoms with E-state index in [0.717, 1.165) is 12.8 Å². The van der Waals surface area contributed by atoms with E-state index in [1.165, 1.54) is 23.3 Å². The molecule has 3 unspecified atom stereocenters. The minimum atomic E-state index is -0.311. The molecule has 1 N–H and O–H groups in total. The molecule has 4 rings (SSSR count). The van der Waals surface area contributed by atoms with Crippen LogP contribution in [0.2, 0.25) is 0 Å². The van der Waals surface area contributed by atoms with Crippen molar-refractivity contribution in [2.75, 3.05) is 5.75 Å². The van der Waals surface area contributed by atoms with Gasteiger partial charge in [-0.15, -0.1) is 17.5 Å². The van der Waals surface area contributed by atoms with E-state index in [0.29, 0.717) is 23.3 Å². The molecule has 0 amide bonds. The van der Waals surface area contributed by atoms with E-state index in [-0.39, 0.29) is 17.0 Å². The molecule has 1 saturated heterocycles. The molecule has 2 aliphatic heterocycles. The lowest BCUT2D eigenvalue weighted by molar-refractivity contribution is 0.102. The van der Waals surface area contributed by atoms with Crippen LogP contribution >= 0.6 is 11.8 Å². The van der Waals surface area contributed by atoms with Crippen LogP contribution in [0.25, 0.3) is 0 Å². The van der Waals surface area contributed by atoms with Crippen molar-refractivity contribution in [3.8, 4) is 0 Å². The van der Waals surface area contributed by atoms with Gasteiger partial charge in [-0.2, -0.15) is 0 Å². The first kappa shape index (κ1) is 15.5. The standard InChI is InChI=1S/C18H20FNOS/c1-11-9-14-5-8-16(11)18(20-12(14)2)22-10-17(21)13-3-6-15(19)7-4-13/h3-4,6-7,12,16,18,20H,5,8,10H2,1-2H3. The fourth-order valence-corrected chi connectivity index (χ4v) is 4.52. The number of rotatable bonds is 4. The summed E-state index contributed by atoms with van der Waals surface area (Å²) in [4.78, 5) is 12.3. The van der Waals surface area contributed by atoms with Crippen molar-refractivity contribution >= 4 is 17.5 Å². The number of Topliss-reactive ketones (excluding diaryl/α,β-unsaturated/α-hetero) is 1. The Kier molecular flexibility index (Phi) is 4.53. The highest BCUT2D eigenvalue weighted by atomic mass is 32.2. The van der Waals surface area contributed by atoms with Crippen LogP contribution in [-0.2, 0) is 0 Å². The smallest absolute Gasteiger partial charge is 0.172 e. The van der Waals surface area contributed by atoms with Crippen LogP contribution in [-0.4, -0.2) is 23.0 Å². The molecule has 3 atom stereocenters. The Morgan fingerprint density at radius 3 is 2.82 bits per heavy atom. The molecule has 0 radical (unpaired) electrons. The number of benzene rings is 1. The molecule has 2 nitrogen and oxygen atoms in total. The third-order valence-electron chi connectivity index (χ3n) is 4.50. The van der Waals surface area contributed by atoms with Gasteiger partial charge in [0.1, 0.15) is 5.82 Å². The van der Waals surface area contributed by atoms with Gasteiger partial charge in [-0.05, 0) is 62.1 Å². The van der Waals surface area contributed by atoms with Crippen molar-refractivity contribution in [2.45, 2.75) is 38.1 Å². The lowest BCUT2D eigenvalue weighted by Gasteiger charge is -2.25. The second kappa shape index (κ2) is 6.41. The van der Waals surface area contributed by atoms with E-state index in [1.807, 2.05) is 0 Å². The predicted octanol–water partition coefficient (Wildman–Crippen LogP) is 3.94. The molecule has 1 fully saturated rings. The highest BCUT2D eigenvalue weighted by Gasteiger charge is 2.32. The number of carbonyl (C=O) groups excluding carboxylic acids is 1. The first-order valence-electron chi connectivity index (χ1n) is 7.67. The number of carbonyl (C=O) groups is 1. The normalized spacial score (nSPS) is 27.1. The molecule has 0 aromatic heterocycles. The van der Waals surface area contributed by atoms with Crippen molar-refractivity contribution < 1.29 is 9.18 Å². The van der Waals surface area contributed by atoms with Crippen LogP contribution in [0.15, 0.2) is 41.1 Å². The van der Waals surface area contributed by atoms with Crippen molar-refractivity contribution in [1.82, 2.24) is 5.32 Å². The fourth-order valence-electron chi connectivity index (χ4n) is 3.15. The first-order chi connectivity index (χ1) is 10.5. The fraction of sp³-hybridized carbons (Fsp3) is 0.444. The van der Waals surface area contributed by atoms with Gasteiger partial charge in [0.2, 0.25) is 0 Å². The van der Waals surface area contributed by atoms with Gasteiger partial charge in [0.25, 0.3) is 0 Å². The zero-order valence-corrected chi connectivity index (χ0v) is 13.7. The van der Waals surface area contributed by atoms with Crippen molar-refractivity contribution in [3.05, 3.63) is 52.5 Å². The Balaban J connectivity index is 1.65. The van der Waals surface area contributed by atoms with Crippen LogP contribution in [0.3, 0.4) is 0 Å². The van der Waals surface area contributed by atoms with Crippen LogP contribution in [0.5, 0.6) is 0 Å². The Hall–Kier alpha value is -1.35. The van der Waals surface area contributed by atoms with E-state index < -0.39 is 0 Å². The lowest BCUT2D eigenvalue weighted by Crippen LogP contribution is -2.37. The van der Waals surface area contributed by atoms with Crippen LogP contribution in [0.1, 0.15) is 37.0 Å². The number of hydrogen-bond acceptors (Lipinski definition) is 3. The third kappa shape index (κ3) is 3.19. The van der Waals surface area contributed by atoms with Gasteiger partial charge in [0.05, 0.1) is 11.1 Å². The van der Waals surface area contributed by atoms with E-state index in [9.17, 15) is 9.18 Å². The average molecular weight is 317 g/mol. The minimum Gasteiger partial charge on any atom is -0.298 e. The van der Waals surface area contributed by atoms with Crippen molar-refractivity contribution in [1.29, 1.82) is 0 Å². The molecule has 1 aromatic rings. The van der Waals surface area contributed by atoms with Crippen molar-refractivity contribution in [3.63, 3.8) is 0 Å². The topological polar surface area (TPSA) is 29.1 Å². The molecule has 1 aromatic carbocycles. The number of halogens is 1. The van der Waals surface area contributed by atoms with Gasteiger partial charge in [-0.1, -0.05) is 0 Å². The maximum Gasteiger partial charge on any atom is 0.172 e. The summed E-state index contributed by atoms with van der Waals surface area (Å²) in [5, 5.41) is 3.86. The van der Waals surface area contributed by atoms with Gasteiger partial charge in [0, 0.05) is 17.5 Å². The monoisotopic (exact) mass is 317 g/mol. The van der Waals surface area contributed by atoms with Crippen LogP contribution in [0.4, 0.5) is 4.39 Å². The Morgan fingerprint density at radius 1 is 1.41 bits per heavy atom. The Labute approximate surface area is 134 Å². The highest BCUT2D eigenvalue weighted by molar-refractivity contribution is 8.00. The summed E-state index contributed by atoms with van der Waals surface area (Å²) >= 11 is 1.66. The lowest BCUT2D eigenvalue weighted by atomic mass is 9.89. The molecular formula is C18H20FNOS. The molecular weight excluding hydrogens is 297 g/mol. The largest absolute Gasteiger partial charge is 0.298 e. The number of fused-ring (bicyclic) bond motifs is 3. The molecule has 116 valence electrons. The van der Waals surface area contributed by atoms with Gasteiger partial charge < -0.3 is 0 Å². The summed E-state index contributed by atoms with van der Waals surface area (Å²) in [7, 11) is 0. The summed E-state index contributed by atoms with van der Waals surface area (Å²) in [5.74, 6) is 0.597. The molecule has 22 heavy (non-hydrogen) atoms. The average Bonchev–Trinajstić information content (AvgIpc) is 2.72. The highest BCUT2D eigenvalue weighted by Crippen LogP contribution is 2.36. The first-order valence-corrected chi connectivity index (χ1v) is 8.72. The second-order valence-electron chi connectivity index (χ2n) is 6.03. The van der Waals surface area contributed by atoms with Crippen LogP contribution in [0, 0.1) is 11.7 Å². The zero-order valence-electron chi connectivity index (χ0n) is 12.9. The number of ketones is 1. The van der Waals surface area contributed by atoms with Gasteiger partial charge in [-0.25, -0.2) is 4.39 Å². The Morgan fingerprint density at radius 2 is 2.14 bits per heavy atom. The minimum absolute atomic E-state index is 0.0523. The maximum absolute atomic E-state index is 12.9. The quantitative estimate of drug-likeness (QED) is 0.673. The number of nitrogens with one attached hydrogen (secondary N) is 1. The van der Waals surface area contributed by atoms with Gasteiger partial charge in [-0.3, -0.25) is 10.1 Å². The predicted molar refractivity (Wildman–Crippen MR) is 88.5 cm³/mol. The summed E-state index contributed by atoms with van der Waals surface area (Å²) < 4.78 is 12.9. The van der Waals surface area contributed by atoms with E-state index in [1.54, 1.807) is 23.9 Å². The summed E-state index contributed by atoms with van der Waals surface area (Å²) in [5.41, 5.74) is 6.74. The van der Waals surface area contributed by atoms with E-state index in [4.69, 9.17) is 0 Å². The summed E-state index contributed by atoms with van der Waals surface area (Å²) in [6, 6.07) is 6.11. The molecule has 0 spiro atoms. The van der Waals surface area contributed by atoms with Gasteiger partial charge >= 0.3 is 0 Å². The van der Waals surface area contributed by atoms with Gasteiger partial charge in [0.15, 0.2) is 5.78 Å². The Bertz CT molecular complexity index is 646. The molecule has 2 bridgehead atoms. The summed E-state index contributed by atoms with van der Waals surface area (Å²) in [6.07, 6.45) is 2.23. The molecule has 3 aliphatic rings. The zero-order chi connectivity index (χ0) is 15.7. The summed E-state index contributed by atoms with van der Waals surface area (Å²) in [6.45, 7) is 4.30. The molecule has 0 saturated carbocycles. The maximum atomic E-state index is 12.9. The molecule has 4 heteroatoms. The molecule has 1 aliphatic carbocycles. The third-order valence-corrected chi connectivity index (χ3v) is 5.75.